The number of nitrogens with one attached hydrogen (secondary N) is 2. The van der Waals surface area contributed by atoms with Gasteiger partial charge in [0.15, 0.2) is 16.6 Å². The van der Waals surface area contributed by atoms with Gasteiger partial charge in [0.1, 0.15) is 30.6 Å². The maximum atomic E-state index is 12.4. The van der Waals surface area contributed by atoms with Gasteiger partial charge in [0.05, 0.1) is 14.2 Å². The predicted octanol–water partition coefficient (Wildman–Crippen LogP) is 4.12. The summed E-state index contributed by atoms with van der Waals surface area (Å²) in [5.74, 6) is 0.965. The van der Waals surface area contributed by atoms with Gasteiger partial charge in [0, 0.05) is 24.2 Å². The Morgan fingerprint density at radius 2 is 1.72 bits per heavy atom. The van der Waals surface area contributed by atoms with Gasteiger partial charge in [0.25, 0.3) is 5.91 Å². The quantitative estimate of drug-likeness (QED) is 0.225. The Morgan fingerprint density at radius 3 is 2.28 bits per heavy atom. The number of aromatic nitrogens is 1. The third-order valence-corrected chi connectivity index (χ3v) is 5.27. The minimum Gasteiger partial charge on any atom is -0.493 e. The van der Waals surface area contributed by atoms with Crippen LogP contribution >= 0.6 is 11.3 Å². The second-order valence-electron chi connectivity index (χ2n) is 7.12. The van der Waals surface area contributed by atoms with Gasteiger partial charge < -0.3 is 24.3 Å². The molecule has 0 saturated carbocycles. The van der Waals surface area contributed by atoms with Crippen LogP contribution in [0.5, 0.6) is 23.0 Å². The zero-order chi connectivity index (χ0) is 25.9. The lowest BCUT2D eigenvalue weighted by molar-refractivity contribution is -0.114. The summed E-state index contributed by atoms with van der Waals surface area (Å²) in [6.45, 7) is 1.87. The lowest BCUT2D eigenvalue weighted by atomic mass is 10.1. The number of ether oxygens (including phenoxy) is 4. The first-order chi connectivity index (χ1) is 17.4. The topological polar surface area (TPSA) is 132 Å². The van der Waals surface area contributed by atoms with Crippen LogP contribution in [0.25, 0.3) is 6.08 Å². The average molecular weight is 509 g/mol. The summed E-state index contributed by atoms with van der Waals surface area (Å²) < 4.78 is 22.4. The minimum absolute atomic E-state index is 0.110. The summed E-state index contributed by atoms with van der Waals surface area (Å²) >= 11 is 1.25. The van der Waals surface area contributed by atoms with Gasteiger partial charge in [-0.1, -0.05) is 0 Å². The van der Waals surface area contributed by atoms with Crippen LogP contribution in [-0.4, -0.2) is 44.2 Å². The Kier molecular flexibility index (Phi) is 9.25. The molecule has 2 N–H and O–H groups in total. The second kappa shape index (κ2) is 12.8. The van der Waals surface area contributed by atoms with E-state index in [2.05, 4.69) is 15.6 Å². The molecule has 2 amide bonds. The van der Waals surface area contributed by atoms with Crippen molar-refractivity contribution in [1.82, 2.24) is 4.98 Å². The van der Waals surface area contributed by atoms with Crippen molar-refractivity contribution < 1.29 is 28.5 Å². The highest BCUT2D eigenvalue weighted by atomic mass is 32.1. The van der Waals surface area contributed by atoms with Gasteiger partial charge in [-0.2, -0.15) is 5.26 Å². The van der Waals surface area contributed by atoms with Crippen molar-refractivity contribution in [2.75, 3.05) is 38.1 Å². The van der Waals surface area contributed by atoms with E-state index >= 15 is 0 Å². The van der Waals surface area contributed by atoms with E-state index in [0.29, 0.717) is 39.4 Å². The van der Waals surface area contributed by atoms with E-state index < -0.39 is 5.91 Å². The maximum absolute atomic E-state index is 12.4. The molecule has 186 valence electrons. The second-order valence-corrected chi connectivity index (χ2v) is 8.01. The molecule has 0 radical (unpaired) electrons. The maximum Gasteiger partial charge on any atom is 0.268 e. The number of hydrogen-bond acceptors (Lipinski definition) is 9. The fourth-order valence-electron chi connectivity index (χ4n) is 3.03. The third kappa shape index (κ3) is 7.22. The van der Waals surface area contributed by atoms with Crippen LogP contribution in [0.4, 0.5) is 10.8 Å². The lowest BCUT2D eigenvalue weighted by Gasteiger charge is -2.16. The lowest BCUT2D eigenvalue weighted by Crippen LogP contribution is -2.13. The number of amides is 2. The Bertz CT molecular complexity index is 1240. The largest absolute Gasteiger partial charge is 0.493 e. The first-order valence-corrected chi connectivity index (χ1v) is 11.5. The van der Waals surface area contributed by atoms with Gasteiger partial charge >= 0.3 is 0 Å². The highest BCUT2D eigenvalue weighted by molar-refractivity contribution is 7.13. The first kappa shape index (κ1) is 26.1. The highest BCUT2D eigenvalue weighted by Gasteiger charge is 2.16. The van der Waals surface area contributed by atoms with Crippen molar-refractivity contribution in [1.29, 1.82) is 5.26 Å². The molecule has 3 rings (SSSR count). The molecule has 0 saturated heterocycles. The van der Waals surface area contributed by atoms with Crippen molar-refractivity contribution in [2.24, 2.45) is 0 Å². The molecule has 36 heavy (non-hydrogen) atoms. The van der Waals surface area contributed by atoms with E-state index in [-0.39, 0.29) is 24.7 Å². The Hall–Kier alpha value is -4.56. The molecule has 1 heterocycles. The number of hydrogen-bond donors (Lipinski definition) is 2. The monoisotopic (exact) mass is 508 g/mol. The van der Waals surface area contributed by atoms with Crippen molar-refractivity contribution in [3.63, 3.8) is 0 Å². The Labute approximate surface area is 212 Å². The molecule has 0 aliphatic carbocycles. The molecule has 1 aromatic heterocycles. The van der Waals surface area contributed by atoms with E-state index in [0.717, 1.165) is 0 Å². The summed E-state index contributed by atoms with van der Waals surface area (Å²) in [5.41, 5.74) is 1.08. The van der Waals surface area contributed by atoms with E-state index in [4.69, 9.17) is 18.9 Å². The van der Waals surface area contributed by atoms with Crippen LogP contribution in [0.15, 0.2) is 53.5 Å². The van der Waals surface area contributed by atoms with Gasteiger partial charge in [-0.3, -0.25) is 14.9 Å². The van der Waals surface area contributed by atoms with Crippen LogP contribution in [0.1, 0.15) is 12.5 Å². The van der Waals surface area contributed by atoms with Crippen LogP contribution in [0, 0.1) is 11.3 Å². The van der Waals surface area contributed by atoms with E-state index in [1.165, 1.54) is 38.6 Å². The van der Waals surface area contributed by atoms with E-state index in [1.807, 2.05) is 6.07 Å². The summed E-state index contributed by atoms with van der Waals surface area (Å²) in [7, 11) is 2.95. The molecule has 0 bridgehead atoms. The minimum atomic E-state index is -0.576. The standard InChI is InChI=1S/C25H24N4O6S/c1-16(30)28-19-4-6-20(7-5-19)34-9-10-35-23-21(32-2)13-17(14-22(23)33-3)12-18(15-26)24(31)29-25-27-8-11-36-25/h4-8,11-14H,9-10H2,1-3H3,(H,28,30)(H,27,29,31)/b18-12-. The number of nitriles is 1. The summed E-state index contributed by atoms with van der Waals surface area (Å²) in [5, 5.41) is 16.8. The molecular formula is C25H24N4O6S. The molecule has 10 nitrogen and oxygen atoms in total. The van der Waals surface area contributed by atoms with Gasteiger partial charge in [-0.15, -0.1) is 11.3 Å². The first-order valence-electron chi connectivity index (χ1n) is 10.7. The molecule has 2 aromatic carbocycles. The fraction of sp³-hybridized carbons (Fsp3) is 0.200. The normalized spacial score (nSPS) is 10.7. The van der Waals surface area contributed by atoms with Crippen molar-refractivity contribution in [2.45, 2.75) is 6.92 Å². The summed E-state index contributed by atoms with van der Waals surface area (Å²) in [6.07, 6.45) is 2.98. The Morgan fingerprint density at radius 1 is 1.06 bits per heavy atom. The fourth-order valence-corrected chi connectivity index (χ4v) is 3.56. The number of thiazole rings is 1. The number of anilines is 2. The van der Waals surface area contributed by atoms with Gasteiger partial charge in [-0.25, -0.2) is 4.98 Å². The highest BCUT2D eigenvalue weighted by Crippen LogP contribution is 2.39. The predicted molar refractivity (Wildman–Crippen MR) is 136 cm³/mol. The molecule has 0 atom stereocenters. The van der Waals surface area contributed by atoms with Gasteiger partial charge in [0.2, 0.25) is 11.7 Å². The van der Waals surface area contributed by atoms with Crippen LogP contribution in [0.3, 0.4) is 0 Å². The molecule has 0 unspecified atom stereocenters. The molecule has 3 aromatic rings. The number of rotatable bonds is 11. The third-order valence-electron chi connectivity index (χ3n) is 4.58. The zero-order valence-corrected chi connectivity index (χ0v) is 20.7. The molecule has 0 aliphatic rings. The number of methoxy groups -OCH3 is 2. The molecule has 0 aliphatic heterocycles. The number of benzene rings is 2. The van der Waals surface area contributed by atoms with Crippen molar-refractivity contribution in [3.8, 4) is 29.1 Å². The Balaban J connectivity index is 1.67. The smallest absolute Gasteiger partial charge is 0.268 e. The number of nitrogens with zero attached hydrogens (tertiary/aromatic N) is 2. The number of carbonyl (C=O) groups excluding carboxylic acids is 2. The SMILES string of the molecule is COc1cc(/C=C(/C#N)C(=O)Nc2nccs2)cc(OC)c1OCCOc1ccc(NC(C)=O)cc1. The van der Waals surface area contributed by atoms with E-state index in [1.54, 1.807) is 48.0 Å². The molecule has 11 heteroatoms. The van der Waals surface area contributed by atoms with Crippen LogP contribution in [0.2, 0.25) is 0 Å². The van der Waals surface area contributed by atoms with E-state index in [9.17, 15) is 14.9 Å². The van der Waals surface area contributed by atoms with Crippen molar-refractivity contribution >= 4 is 40.0 Å². The van der Waals surface area contributed by atoms with Gasteiger partial charge in [-0.05, 0) is 48.0 Å². The average Bonchev–Trinajstić information content (AvgIpc) is 3.38. The molecular weight excluding hydrogens is 484 g/mol. The van der Waals surface area contributed by atoms with Crippen LogP contribution in [-0.2, 0) is 9.59 Å². The summed E-state index contributed by atoms with van der Waals surface area (Å²) in [4.78, 5) is 27.5. The zero-order valence-electron chi connectivity index (χ0n) is 19.9. The number of carbonyl (C=O) groups is 2. The molecule has 0 fully saturated rings. The van der Waals surface area contributed by atoms with Crippen LogP contribution < -0.4 is 29.6 Å². The van der Waals surface area contributed by atoms with Crippen molar-refractivity contribution in [3.05, 3.63) is 59.1 Å². The molecule has 0 spiro atoms. The summed E-state index contributed by atoms with van der Waals surface area (Å²) in [6, 6.07) is 12.1.